The number of carboxylic acids is 1. The van der Waals surface area contributed by atoms with Crippen molar-refractivity contribution in [1.29, 1.82) is 0 Å². The summed E-state index contributed by atoms with van der Waals surface area (Å²) in [6.45, 7) is 1.08. The maximum absolute atomic E-state index is 9.00. The molecule has 0 aromatic heterocycles. The number of aliphatic carboxylic acids is 1. The van der Waals surface area contributed by atoms with E-state index in [-0.39, 0.29) is 0 Å². The van der Waals surface area contributed by atoms with Crippen LogP contribution in [0.3, 0.4) is 0 Å². The van der Waals surface area contributed by atoms with Crippen molar-refractivity contribution in [1.82, 2.24) is 0 Å². The van der Waals surface area contributed by atoms with Crippen molar-refractivity contribution in [2.24, 2.45) is 0 Å². The van der Waals surface area contributed by atoms with Gasteiger partial charge in [0.15, 0.2) is 0 Å². The molecule has 0 radical (unpaired) electrons. The topological polar surface area (TPSA) is 63.3 Å². The predicted molar refractivity (Wildman–Crippen MR) is 56.5 cm³/mol. The minimum atomic E-state index is -0.833. The number of carboxylic acid groups (broad SMARTS) is 1. The van der Waals surface area contributed by atoms with Crippen LogP contribution in [-0.2, 0) is 30.9 Å². The fourth-order valence-electron chi connectivity index (χ4n) is 0.574. The first-order valence-electron chi connectivity index (χ1n) is 3.50. The Morgan fingerprint density at radius 2 is 2.08 bits per heavy atom. The summed E-state index contributed by atoms with van der Waals surface area (Å²) in [6.07, 6.45) is 0. The van der Waals surface area contributed by atoms with Crippen LogP contribution in [-0.4, -0.2) is 11.1 Å². The molecule has 1 rings (SSSR count). The van der Waals surface area contributed by atoms with Crippen LogP contribution in [0.25, 0.3) is 0 Å². The van der Waals surface area contributed by atoms with E-state index in [1.165, 1.54) is 6.64 Å². The molecule has 67 valence electrons. The van der Waals surface area contributed by atoms with E-state index in [2.05, 4.69) is 28.7 Å². The summed E-state index contributed by atoms with van der Waals surface area (Å²) < 4.78 is 2.63. The van der Waals surface area contributed by atoms with Crippen LogP contribution in [0.15, 0.2) is 18.2 Å². The van der Waals surface area contributed by atoms with Gasteiger partial charge in [-0.3, -0.25) is 4.79 Å². The number of hydrogen-bond donors (Lipinski definition) is 2. The van der Waals surface area contributed by atoms with Gasteiger partial charge < -0.3 is 5.11 Å². The predicted octanol–water partition coefficient (Wildman–Crippen LogP) is 1.14. The molecule has 0 bridgehead atoms. The second-order valence-corrected chi connectivity index (χ2v) is 6.57. The molecule has 0 amide bonds. The number of halogens is 1. The van der Waals surface area contributed by atoms with Gasteiger partial charge in [-0.05, 0) is 0 Å². The van der Waals surface area contributed by atoms with E-state index in [4.69, 9.17) is 15.6 Å². The van der Waals surface area contributed by atoms with Gasteiger partial charge >= 0.3 is 85.0 Å². The van der Waals surface area contributed by atoms with Crippen LogP contribution in [0, 0.1) is 3.57 Å². The second kappa shape index (κ2) is 6.59. The molecule has 0 spiro atoms. The summed E-state index contributed by atoms with van der Waals surface area (Å²) in [7, 11) is 0. The number of nitrogens with two attached hydrogens (primary N) is 1. The first-order chi connectivity index (χ1) is 5.93. The van der Waals surface area contributed by atoms with Crippen molar-refractivity contribution < 1.29 is 36.0 Å². The molecule has 1 aromatic carbocycles. The molecule has 0 heterocycles. The molecule has 0 atom stereocenters. The van der Waals surface area contributed by atoms with Crippen molar-refractivity contribution in [2.45, 2.75) is 6.92 Å². The van der Waals surface area contributed by atoms with E-state index in [9.17, 15) is 0 Å². The molecular weight excluding hydrogens is 470 g/mol. The Hall–Kier alpha value is 0.155. The van der Waals surface area contributed by atoms with E-state index in [1.54, 1.807) is 0 Å². The Morgan fingerprint density at radius 1 is 1.62 bits per heavy atom. The number of rotatable bonds is 0. The number of anilines is 1. The third kappa shape index (κ3) is 7.24. The van der Waals surface area contributed by atoms with Crippen LogP contribution < -0.4 is 8.81 Å². The van der Waals surface area contributed by atoms with Crippen LogP contribution in [0.5, 0.6) is 0 Å². The molecule has 5 heteroatoms. The minimum absolute atomic E-state index is 0.658. The zero-order valence-corrected chi connectivity index (χ0v) is 14.9. The van der Waals surface area contributed by atoms with Crippen molar-refractivity contribution in [3.05, 3.63) is 21.8 Å². The monoisotopic (exact) mass is 480 g/mol. The summed E-state index contributed by atoms with van der Waals surface area (Å²) in [4.78, 5) is 9.00. The van der Waals surface area contributed by atoms with Crippen molar-refractivity contribution in [2.75, 3.05) is 5.73 Å². The Balaban J connectivity index is 0.000000310. The molecular formula is C8H9HgINO2. The molecule has 0 fully saturated rings. The Kier molecular flexibility index (Phi) is 6.66. The number of carbonyl (C=O) groups is 1. The molecule has 1 aromatic rings. The number of nitrogen functional groups attached to an aromatic ring is 1. The fourth-order valence-corrected chi connectivity index (χ4v) is 4.06. The van der Waals surface area contributed by atoms with Crippen LogP contribution >= 0.6 is 22.6 Å². The van der Waals surface area contributed by atoms with Gasteiger partial charge in [0.05, 0.1) is 0 Å². The van der Waals surface area contributed by atoms with Gasteiger partial charge in [0.25, 0.3) is 5.97 Å². The molecule has 0 aliphatic carbocycles. The summed E-state index contributed by atoms with van der Waals surface area (Å²) in [6, 6.07) is 6.16. The summed E-state index contributed by atoms with van der Waals surface area (Å²) in [5.41, 5.74) is 6.59. The molecule has 0 aliphatic heterocycles. The standard InChI is InChI=1S/C6H5IN.C2H4O2.Hg/c7-5-1-3-6(8)4-2-5;1-2(3)4;/h1-3H,8H2;1H3,(H,3,4);. The molecule has 0 aliphatic rings. The third-order valence-corrected chi connectivity index (χ3v) is 4.16. The SMILES string of the molecule is CC(=O)O.Nc1ccc(I)c[c]1[Hg]. The Bertz CT molecular complexity index is 300. The van der Waals surface area contributed by atoms with E-state index in [1.807, 2.05) is 12.1 Å². The third-order valence-electron chi connectivity index (χ3n) is 1.11. The Labute approximate surface area is 107 Å². The van der Waals surface area contributed by atoms with Gasteiger partial charge in [0.1, 0.15) is 0 Å². The van der Waals surface area contributed by atoms with Crippen molar-refractivity contribution >= 4 is 37.3 Å². The van der Waals surface area contributed by atoms with Gasteiger partial charge in [0.2, 0.25) is 0 Å². The van der Waals surface area contributed by atoms with E-state index < -0.39 is 5.97 Å². The second-order valence-electron chi connectivity index (χ2n) is 2.36. The van der Waals surface area contributed by atoms with Gasteiger partial charge in [-0.15, -0.1) is 0 Å². The molecule has 0 unspecified atom stereocenters. The number of benzene rings is 1. The van der Waals surface area contributed by atoms with E-state index in [0.717, 1.165) is 12.6 Å². The Morgan fingerprint density at radius 3 is 2.38 bits per heavy atom. The van der Waals surface area contributed by atoms with Crippen LogP contribution in [0.1, 0.15) is 6.92 Å². The average molecular weight is 479 g/mol. The van der Waals surface area contributed by atoms with E-state index >= 15 is 0 Å². The summed E-state index contributed by atoms with van der Waals surface area (Å²) in [5, 5.41) is 7.42. The van der Waals surface area contributed by atoms with Crippen LogP contribution in [0.4, 0.5) is 5.69 Å². The van der Waals surface area contributed by atoms with Gasteiger partial charge in [-0.25, -0.2) is 0 Å². The molecule has 13 heavy (non-hydrogen) atoms. The fraction of sp³-hybridized carbons (Fsp3) is 0.125. The average Bonchev–Trinajstić information content (AvgIpc) is 1.96. The zero-order chi connectivity index (χ0) is 10.4. The van der Waals surface area contributed by atoms with Crippen molar-refractivity contribution in [3.8, 4) is 0 Å². The first kappa shape index (κ1) is 13.2. The molecule has 0 saturated carbocycles. The van der Waals surface area contributed by atoms with Crippen molar-refractivity contribution in [3.63, 3.8) is 0 Å². The summed E-state index contributed by atoms with van der Waals surface area (Å²) in [5.74, 6) is -0.833. The normalized spacial score (nSPS) is 8.62. The van der Waals surface area contributed by atoms with Gasteiger partial charge in [0, 0.05) is 6.92 Å². The van der Waals surface area contributed by atoms with Gasteiger partial charge in [-0.1, -0.05) is 0 Å². The molecule has 3 nitrogen and oxygen atoms in total. The first-order valence-corrected chi connectivity index (χ1v) is 7.32. The molecule has 0 saturated heterocycles. The summed E-state index contributed by atoms with van der Waals surface area (Å²) >= 11 is 2.96. The van der Waals surface area contributed by atoms with Crippen LogP contribution in [0.2, 0.25) is 0 Å². The van der Waals surface area contributed by atoms with Gasteiger partial charge in [-0.2, -0.15) is 0 Å². The quantitative estimate of drug-likeness (QED) is 0.334. The zero-order valence-electron chi connectivity index (χ0n) is 7.25. The maximum atomic E-state index is 9.00. The van der Waals surface area contributed by atoms with E-state index in [0.29, 0.717) is 26.1 Å². The molecule has 3 N–H and O–H groups in total. The number of hydrogen-bond acceptors (Lipinski definition) is 2.